The van der Waals surface area contributed by atoms with E-state index in [1.165, 1.54) is 13.3 Å². The summed E-state index contributed by atoms with van der Waals surface area (Å²) >= 11 is 0. The van der Waals surface area contributed by atoms with E-state index in [1.54, 1.807) is 6.92 Å². The second-order valence-corrected chi connectivity index (χ2v) is 8.30. The molecule has 1 aromatic heterocycles. The predicted octanol–water partition coefficient (Wildman–Crippen LogP) is 3.40. The van der Waals surface area contributed by atoms with Crippen molar-refractivity contribution in [1.82, 2.24) is 4.73 Å². The third kappa shape index (κ3) is 4.05. The van der Waals surface area contributed by atoms with E-state index in [4.69, 9.17) is 9.57 Å². The number of benzene rings is 1. The standard InChI is InChI=1S/C23H31NO5/c1-13-11-14(2)22(29-21(13)15(3)16(4)25)19-20(26)18(12-24(28-5)23(19)27)17-9-7-6-8-10-17/h6-10,12-16,21-22,25-26H,11H2,1-5H3/t13-,14+,15+,16-,21-,22+/m0/s1. The number of pyridine rings is 1. The molecular formula is C23H31NO5. The van der Waals surface area contributed by atoms with Crippen molar-refractivity contribution in [2.75, 3.05) is 7.11 Å². The molecule has 1 aliphatic heterocycles. The Labute approximate surface area is 171 Å². The highest BCUT2D eigenvalue weighted by Gasteiger charge is 2.41. The third-order valence-corrected chi connectivity index (χ3v) is 6.16. The van der Waals surface area contributed by atoms with Gasteiger partial charge in [-0.1, -0.05) is 51.1 Å². The van der Waals surface area contributed by atoms with Crippen LogP contribution in [0.1, 0.15) is 45.8 Å². The molecule has 2 heterocycles. The van der Waals surface area contributed by atoms with Gasteiger partial charge in [0.05, 0.1) is 30.1 Å². The number of aromatic hydroxyl groups is 1. The molecule has 0 amide bonds. The number of rotatable bonds is 5. The van der Waals surface area contributed by atoms with E-state index in [9.17, 15) is 15.0 Å². The molecule has 1 saturated heterocycles. The van der Waals surface area contributed by atoms with Crippen molar-refractivity contribution < 1.29 is 19.8 Å². The van der Waals surface area contributed by atoms with Crippen molar-refractivity contribution in [3.8, 4) is 16.9 Å². The van der Waals surface area contributed by atoms with Gasteiger partial charge in [-0.15, -0.1) is 0 Å². The van der Waals surface area contributed by atoms with Crippen molar-refractivity contribution in [2.45, 2.75) is 52.4 Å². The lowest BCUT2D eigenvalue weighted by atomic mass is 9.78. The smallest absolute Gasteiger partial charge is 0.292 e. The first-order valence-corrected chi connectivity index (χ1v) is 10.2. The van der Waals surface area contributed by atoms with Crippen LogP contribution in [0.5, 0.6) is 5.75 Å². The quantitative estimate of drug-likeness (QED) is 0.803. The van der Waals surface area contributed by atoms with Gasteiger partial charge in [0.1, 0.15) is 12.9 Å². The van der Waals surface area contributed by atoms with E-state index in [2.05, 4.69) is 6.92 Å². The van der Waals surface area contributed by atoms with E-state index in [0.29, 0.717) is 5.56 Å². The second kappa shape index (κ2) is 8.59. The minimum Gasteiger partial charge on any atom is -0.507 e. The Bertz CT molecular complexity index is 892. The Hall–Kier alpha value is -2.31. The molecule has 2 aromatic rings. The van der Waals surface area contributed by atoms with Crippen LogP contribution in [0.4, 0.5) is 0 Å². The molecule has 2 N–H and O–H groups in total. The molecule has 0 unspecified atom stereocenters. The Kier molecular flexibility index (Phi) is 6.34. The molecule has 158 valence electrons. The van der Waals surface area contributed by atoms with E-state index in [1.807, 2.05) is 44.2 Å². The number of aliphatic hydroxyl groups is 1. The summed E-state index contributed by atoms with van der Waals surface area (Å²) in [5.41, 5.74) is 1.06. The molecular weight excluding hydrogens is 370 g/mol. The molecule has 6 nitrogen and oxygen atoms in total. The van der Waals surface area contributed by atoms with Crippen LogP contribution >= 0.6 is 0 Å². The summed E-state index contributed by atoms with van der Waals surface area (Å²) in [6.07, 6.45) is 0.994. The summed E-state index contributed by atoms with van der Waals surface area (Å²) < 4.78 is 7.52. The van der Waals surface area contributed by atoms with Crippen LogP contribution < -0.4 is 10.4 Å². The van der Waals surface area contributed by atoms with Gasteiger partial charge in [0, 0.05) is 11.5 Å². The summed E-state index contributed by atoms with van der Waals surface area (Å²) in [7, 11) is 1.42. The van der Waals surface area contributed by atoms with Crippen molar-refractivity contribution >= 4 is 0 Å². The van der Waals surface area contributed by atoms with Crippen molar-refractivity contribution in [3.63, 3.8) is 0 Å². The van der Waals surface area contributed by atoms with E-state index in [0.717, 1.165) is 16.7 Å². The zero-order valence-corrected chi connectivity index (χ0v) is 17.7. The molecule has 1 aliphatic rings. The van der Waals surface area contributed by atoms with Gasteiger partial charge >= 0.3 is 0 Å². The fraction of sp³-hybridized carbons (Fsp3) is 0.522. The summed E-state index contributed by atoms with van der Waals surface area (Å²) in [5.74, 6) is 0.0841. The first-order valence-electron chi connectivity index (χ1n) is 10.2. The van der Waals surface area contributed by atoms with Crippen molar-refractivity contribution in [3.05, 3.63) is 52.4 Å². The van der Waals surface area contributed by atoms with Gasteiger partial charge in [0.15, 0.2) is 0 Å². The van der Waals surface area contributed by atoms with Gasteiger partial charge in [0.25, 0.3) is 5.56 Å². The van der Waals surface area contributed by atoms with Gasteiger partial charge in [-0.25, -0.2) is 0 Å². The fourth-order valence-electron chi connectivity index (χ4n) is 4.37. The van der Waals surface area contributed by atoms with Gasteiger partial charge in [0.2, 0.25) is 0 Å². The van der Waals surface area contributed by atoms with Gasteiger partial charge < -0.3 is 19.8 Å². The first kappa shape index (κ1) is 21.4. The Morgan fingerprint density at radius 2 is 1.83 bits per heavy atom. The monoisotopic (exact) mass is 401 g/mol. The Balaban J connectivity index is 2.12. The second-order valence-electron chi connectivity index (χ2n) is 8.30. The molecule has 3 rings (SSSR count). The third-order valence-electron chi connectivity index (χ3n) is 6.16. The molecule has 1 fully saturated rings. The number of hydrogen-bond donors (Lipinski definition) is 2. The maximum atomic E-state index is 13.1. The number of nitrogens with zero attached hydrogens (tertiary/aromatic N) is 1. The normalized spacial score (nSPS) is 26.7. The number of hydrogen-bond acceptors (Lipinski definition) is 5. The molecule has 0 aliphatic carbocycles. The highest BCUT2D eigenvalue weighted by atomic mass is 16.6. The molecule has 29 heavy (non-hydrogen) atoms. The van der Waals surface area contributed by atoms with Crippen LogP contribution in [-0.2, 0) is 4.74 Å². The lowest BCUT2D eigenvalue weighted by molar-refractivity contribution is -0.146. The van der Waals surface area contributed by atoms with Crippen LogP contribution in [0, 0.1) is 17.8 Å². The number of ether oxygens (including phenoxy) is 1. The predicted molar refractivity (Wildman–Crippen MR) is 112 cm³/mol. The van der Waals surface area contributed by atoms with Crippen LogP contribution in [0.25, 0.3) is 11.1 Å². The van der Waals surface area contributed by atoms with Crippen LogP contribution in [-0.4, -0.2) is 34.3 Å². The van der Waals surface area contributed by atoms with E-state index < -0.39 is 17.8 Å². The molecule has 6 heteroatoms. The summed E-state index contributed by atoms with van der Waals surface area (Å²) in [5, 5.41) is 21.2. The Morgan fingerprint density at radius 3 is 2.41 bits per heavy atom. The van der Waals surface area contributed by atoms with Crippen LogP contribution in [0.3, 0.4) is 0 Å². The van der Waals surface area contributed by atoms with Crippen LogP contribution in [0.15, 0.2) is 41.3 Å². The number of aliphatic hydroxyl groups excluding tert-OH is 1. The van der Waals surface area contributed by atoms with Crippen LogP contribution in [0.2, 0.25) is 0 Å². The highest BCUT2D eigenvalue weighted by molar-refractivity contribution is 5.70. The largest absolute Gasteiger partial charge is 0.507 e. The maximum Gasteiger partial charge on any atom is 0.292 e. The van der Waals surface area contributed by atoms with Gasteiger partial charge in [-0.2, -0.15) is 4.73 Å². The van der Waals surface area contributed by atoms with Crippen molar-refractivity contribution in [1.29, 1.82) is 0 Å². The van der Waals surface area contributed by atoms with Gasteiger partial charge in [-0.05, 0) is 30.7 Å². The lowest BCUT2D eigenvalue weighted by Gasteiger charge is -2.42. The average Bonchev–Trinajstić information content (AvgIpc) is 2.69. The molecule has 6 atom stereocenters. The van der Waals surface area contributed by atoms with E-state index >= 15 is 0 Å². The molecule has 0 radical (unpaired) electrons. The molecule has 0 saturated carbocycles. The topological polar surface area (TPSA) is 80.9 Å². The van der Waals surface area contributed by atoms with E-state index in [-0.39, 0.29) is 35.2 Å². The summed E-state index contributed by atoms with van der Waals surface area (Å²) in [4.78, 5) is 18.3. The maximum absolute atomic E-state index is 13.1. The van der Waals surface area contributed by atoms with Crippen molar-refractivity contribution in [2.24, 2.45) is 17.8 Å². The number of aromatic nitrogens is 1. The first-order chi connectivity index (χ1) is 13.8. The molecule has 0 bridgehead atoms. The summed E-state index contributed by atoms with van der Waals surface area (Å²) in [6.45, 7) is 7.82. The lowest BCUT2D eigenvalue weighted by Crippen LogP contribution is -2.43. The zero-order valence-electron chi connectivity index (χ0n) is 17.7. The molecule has 1 aromatic carbocycles. The zero-order chi connectivity index (χ0) is 21.3. The minimum atomic E-state index is -0.588. The fourth-order valence-corrected chi connectivity index (χ4v) is 4.37. The molecule has 0 spiro atoms. The summed E-state index contributed by atoms with van der Waals surface area (Å²) in [6, 6.07) is 9.38. The van der Waals surface area contributed by atoms with Gasteiger partial charge in [-0.3, -0.25) is 4.79 Å². The SMILES string of the molecule is COn1cc(-c2ccccc2)c(O)c([C@@H]2O[C@H]([C@H](C)[C@H](C)O)[C@@H](C)C[C@H]2C)c1=O. The average molecular weight is 402 g/mol. The highest BCUT2D eigenvalue weighted by Crippen LogP contribution is 2.44. The Morgan fingerprint density at radius 1 is 1.17 bits per heavy atom. The minimum absolute atomic E-state index is 0.0254.